The lowest BCUT2D eigenvalue weighted by atomic mass is 9.95. The summed E-state index contributed by atoms with van der Waals surface area (Å²) in [7, 11) is 0. The van der Waals surface area contributed by atoms with E-state index in [4.69, 9.17) is 16.6 Å². The molecule has 1 fully saturated rings. The molecule has 5 nitrogen and oxygen atoms in total. The number of carbonyl (C=O) groups is 1. The number of aromatic nitrogens is 2. The van der Waals surface area contributed by atoms with Crippen LogP contribution in [0.4, 0.5) is 5.69 Å². The lowest BCUT2D eigenvalue weighted by Crippen LogP contribution is -2.38. The van der Waals surface area contributed by atoms with Gasteiger partial charge in [0.1, 0.15) is 5.82 Å². The molecule has 6 heteroatoms. The molecule has 4 aromatic rings. The molecule has 180 valence electrons. The number of amides is 1. The Balaban J connectivity index is 1.26. The van der Waals surface area contributed by atoms with Crippen molar-refractivity contribution in [2.45, 2.75) is 39.8 Å². The fourth-order valence-electron chi connectivity index (χ4n) is 4.85. The van der Waals surface area contributed by atoms with Gasteiger partial charge in [-0.1, -0.05) is 48.0 Å². The maximum atomic E-state index is 12.9. The van der Waals surface area contributed by atoms with Gasteiger partial charge in [0.15, 0.2) is 0 Å². The molecular formula is C29H31ClN4O. The highest BCUT2D eigenvalue weighted by molar-refractivity contribution is 6.30. The van der Waals surface area contributed by atoms with E-state index in [1.807, 2.05) is 38.1 Å². The topological polar surface area (TPSA) is 50.2 Å². The van der Waals surface area contributed by atoms with Crippen LogP contribution in [0.5, 0.6) is 0 Å². The summed E-state index contributed by atoms with van der Waals surface area (Å²) in [4.78, 5) is 20.3. The van der Waals surface area contributed by atoms with Crippen molar-refractivity contribution < 1.29 is 4.79 Å². The third-order valence-corrected chi connectivity index (χ3v) is 7.21. The zero-order valence-electron chi connectivity index (χ0n) is 20.3. The van der Waals surface area contributed by atoms with Gasteiger partial charge in [-0.25, -0.2) is 4.98 Å². The van der Waals surface area contributed by atoms with Crippen molar-refractivity contribution in [2.75, 3.05) is 18.4 Å². The van der Waals surface area contributed by atoms with Gasteiger partial charge in [0.25, 0.3) is 0 Å². The Morgan fingerprint density at radius 2 is 1.74 bits per heavy atom. The first-order valence-corrected chi connectivity index (χ1v) is 12.6. The molecule has 1 N–H and O–H groups in total. The number of hydrogen-bond donors (Lipinski definition) is 1. The van der Waals surface area contributed by atoms with Crippen molar-refractivity contribution in [1.82, 2.24) is 14.5 Å². The number of hydrogen-bond acceptors (Lipinski definition) is 3. The van der Waals surface area contributed by atoms with Crippen molar-refractivity contribution in [1.29, 1.82) is 0 Å². The molecule has 0 radical (unpaired) electrons. The maximum absolute atomic E-state index is 12.9. The van der Waals surface area contributed by atoms with Crippen LogP contribution >= 0.6 is 11.6 Å². The maximum Gasteiger partial charge on any atom is 0.227 e. The Morgan fingerprint density at radius 3 is 2.51 bits per heavy atom. The second-order valence-electron chi connectivity index (χ2n) is 9.59. The van der Waals surface area contributed by atoms with Crippen LogP contribution in [0.25, 0.3) is 11.0 Å². The predicted octanol–water partition coefficient (Wildman–Crippen LogP) is 6.21. The van der Waals surface area contributed by atoms with Gasteiger partial charge in [-0.15, -0.1) is 0 Å². The number of nitrogens with one attached hydrogen (secondary N) is 1. The van der Waals surface area contributed by atoms with E-state index in [-0.39, 0.29) is 11.8 Å². The number of piperidine rings is 1. The number of likely N-dealkylation sites (tertiary alicyclic amines) is 1. The molecule has 0 unspecified atom stereocenters. The Morgan fingerprint density at radius 1 is 1.00 bits per heavy atom. The van der Waals surface area contributed by atoms with Crippen LogP contribution in [0.15, 0.2) is 66.7 Å². The summed E-state index contributed by atoms with van der Waals surface area (Å²) in [6, 6.07) is 22.5. The van der Waals surface area contributed by atoms with Crippen LogP contribution in [0.3, 0.4) is 0 Å². The van der Waals surface area contributed by atoms with Gasteiger partial charge in [0.2, 0.25) is 5.91 Å². The van der Waals surface area contributed by atoms with Crippen molar-refractivity contribution >= 4 is 34.2 Å². The standard InChI is InChI=1S/C29H31ClN4O/c1-20-7-8-21(2)26(17-20)32-29(35)23-13-15-33(16-14-23)19-28-31-25-5-3-4-6-27(25)34(28)18-22-9-11-24(30)12-10-22/h3-12,17,23H,13-16,18-19H2,1-2H3,(H,32,35). The number of imidazole rings is 1. The second-order valence-corrected chi connectivity index (χ2v) is 10.0. The average molecular weight is 487 g/mol. The van der Waals surface area contributed by atoms with Gasteiger partial charge in [-0.05, 0) is 86.8 Å². The summed E-state index contributed by atoms with van der Waals surface area (Å²) in [6.07, 6.45) is 1.71. The van der Waals surface area contributed by atoms with Gasteiger partial charge in [0, 0.05) is 23.2 Å². The third-order valence-electron chi connectivity index (χ3n) is 6.96. The fraction of sp³-hybridized carbons (Fsp3) is 0.310. The molecule has 1 aliphatic heterocycles. The van der Waals surface area contributed by atoms with Gasteiger partial charge >= 0.3 is 0 Å². The molecule has 0 bridgehead atoms. The Bertz CT molecular complexity index is 1340. The van der Waals surface area contributed by atoms with E-state index < -0.39 is 0 Å². The van der Waals surface area contributed by atoms with E-state index in [1.54, 1.807) is 0 Å². The molecule has 2 heterocycles. The van der Waals surface area contributed by atoms with E-state index in [0.29, 0.717) is 0 Å². The minimum absolute atomic E-state index is 0.0408. The van der Waals surface area contributed by atoms with E-state index in [0.717, 1.165) is 77.7 Å². The van der Waals surface area contributed by atoms with Crippen LogP contribution < -0.4 is 5.32 Å². The molecule has 0 saturated carbocycles. The van der Waals surface area contributed by atoms with Crippen molar-refractivity contribution in [3.63, 3.8) is 0 Å². The third kappa shape index (κ3) is 5.42. The first-order valence-electron chi connectivity index (χ1n) is 12.3. The van der Waals surface area contributed by atoms with Crippen molar-refractivity contribution in [3.8, 4) is 0 Å². The molecule has 0 atom stereocenters. The lowest BCUT2D eigenvalue weighted by molar-refractivity contribution is -0.121. The van der Waals surface area contributed by atoms with Gasteiger partial charge in [-0.2, -0.15) is 0 Å². The largest absolute Gasteiger partial charge is 0.326 e. The zero-order chi connectivity index (χ0) is 24.4. The van der Waals surface area contributed by atoms with E-state index in [1.165, 1.54) is 5.56 Å². The molecule has 35 heavy (non-hydrogen) atoms. The zero-order valence-corrected chi connectivity index (χ0v) is 21.1. The Labute approximate surface area is 211 Å². The molecule has 1 aromatic heterocycles. The summed E-state index contributed by atoms with van der Waals surface area (Å²) >= 11 is 6.09. The lowest BCUT2D eigenvalue weighted by Gasteiger charge is -2.31. The number of benzene rings is 3. The Kier molecular flexibility index (Phi) is 6.89. The van der Waals surface area contributed by atoms with Crippen LogP contribution in [0, 0.1) is 19.8 Å². The first-order chi connectivity index (χ1) is 17.0. The second kappa shape index (κ2) is 10.2. The number of rotatable bonds is 6. The molecular weight excluding hydrogens is 456 g/mol. The molecule has 1 saturated heterocycles. The minimum Gasteiger partial charge on any atom is -0.326 e. The quantitative estimate of drug-likeness (QED) is 0.352. The average Bonchev–Trinajstić information content (AvgIpc) is 3.20. The number of halogens is 1. The summed E-state index contributed by atoms with van der Waals surface area (Å²) in [5, 5.41) is 3.90. The van der Waals surface area contributed by atoms with Gasteiger partial charge in [-0.3, -0.25) is 9.69 Å². The highest BCUT2D eigenvalue weighted by Crippen LogP contribution is 2.25. The highest BCUT2D eigenvalue weighted by Gasteiger charge is 2.26. The number of anilines is 1. The minimum atomic E-state index is 0.0408. The molecule has 1 amide bonds. The first kappa shape index (κ1) is 23.6. The molecule has 0 aliphatic carbocycles. The Hall–Kier alpha value is -3.15. The van der Waals surface area contributed by atoms with Gasteiger partial charge in [0.05, 0.1) is 17.6 Å². The van der Waals surface area contributed by atoms with Crippen LogP contribution in [-0.2, 0) is 17.9 Å². The smallest absolute Gasteiger partial charge is 0.227 e. The van der Waals surface area contributed by atoms with Crippen molar-refractivity contribution in [2.24, 2.45) is 5.92 Å². The monoisotopic (exact) mass is 486 g/mol. The number of para-hydroxylation sites is 2. The number of aryl methyl sites for hydroxylation is 2. The molecule has 0 spiro atoms. The summed E-state index contributed by atoms with van der Waals surface area (Å²) in [6.45, 7) is 7.38. The number of fused-ring (bicyclic) bond motifs is 1. The van der Waals surface area contributed by atoms with E-state index >= 15 is 0 Å². The molecule has 3 aromatic carbocycles. The van der Waals surface area contributed by atoms with E-state index in [9.17, 15) is 4.79 Å². The summed E-state index contributed by atoms with van der Waals surface area (Å²) < 4.78 is 2.30. The van der Waals surface area contributed by atoms with E-state index in [2.05, 4.69) is 57.2 Å². The normalized spacial score (nSPS) is 14.9. The highest BCUT2D eigenvalue weighted by atomic mass is 35.5. The van der Waals surface area contributed by atoms with Crippen LogP contribution in [-0.4, -0.2) is 33.4 Å². The molecule has 1 aliphatic rings. The molecule has 5 rings (SSSR count). The van der Waals surface area contributed by atoms with Crippen molar-refractivity contribution in [3.05, 3.63) is 94.3 Å². The van der Waals surface area contributed by atoms with Crippen LogP contribution in [0.2, 0.25) is 5.02 Å². The van der Waals surface area contributed by atoms with Crippen LogP contribution in [0.1, 0.15) is 35.4 Å². The van der Waals surface area contributed by atoms with Gasteiger partial charge < -0.3 is 9.88 Å². The number of carbonyl (C=O) groups excluding carboxylic acids is 1. The predicted molar refractivity (Wildman–Crippen MR) is 143 cm³/mol. The number of nitrogens with zero attached hydrogens (tertiary/aromatic N) is 3. The summed E-state index contributed by atoms with van der Waals surface area (Å²) in [5.74, 6) is 1.23. The summed E-state index contributed by atoms with van der Waals surface area (Å²) in [5.41, 5.74) is 6.52. The SMILES string of the molecule is Cc1ccc(C)c(NC(=O)C2CCN(Cc3nc4ccccc4n3Cc3ccc(Cl)cc3)CC2)c1. The fourth-order valence-corrected chi connectivity index (χ4v) is 4.98.